The van der Waals surface area contributed by atoms with E-state index in [0.717, 1.165) is 23.6 Å². The standard InChI is InChI=1S/C32H28O12S/c1-17(33)39-27-13-23(14-28(40-18(2)34)31(27)43-21(5)37)7-9-25-11-12-26(45-25)10-8-24-15-29(41-19(3)35)32(44-22(6)38)30(16-24)42-20(4)36/h7-16H,1-6H3/b9-7+,10-8+. The van der Waals surface area contributed by atoms with Crippen LogP contribution in [0.5, 0.6) is 34.5 Å². The summed E-state index contributed by atoms with van der Waals surface area (Å²) in [6, 6.07) is 9.51. The Bertz CT molecular complexity index is 1530. The SMILES string of the molecule is CC(=O)Oc1cc(/C=C/c2ccc(/C=C/c3cc(OC(C)=O)c(OC(C)=O)c(OC(C)=O)c3)s2)cc(OC(C)=O)c1OC(C)=O. The third-order valence-corrected chi connectivity index (χ3v) is 6.14. The van der Waals surface area contributed by atoms with Crippen LogP contribution in [0.1, 0.15) is 62.4 Å². The van der Waals surface area contributed by atoms with Gasteiger partial charge in [0.2, 0.25) is 11.5 Å². The van der Waals surface area contributed by atoms with Crippen LogP contribution in [0.15, 0.2) is 36.4 Å². The van der Waals surface area contributed by atoms with E-state index >= 15 is 0 Å². The maximum atomic E-state index is 11.7. The number of carbonyl (C=O) groups excluding carboxylic acids is 6. The van der Waals surface area contributed by atoms with Gasteiger partial charge in [0.05, 0.1) is 0 Å². The van der Waals surface area contributed by atoms with Crippen LogP contribution in [0.3, 0.4) is 0 Å². The smallest absolute Gasteiger partial charge is 0.308 e. The van der Waals surface area contributed by atoms with Gasteiger partial charge in [-0.2, -0.15) is 0 Å². The van der Waals surface area contributed by atoms with Gasteiger partial charge in [-0.3, -0.25) is 28.8 Å². The van der Waals surface area contributed by atoms with E-state index in [-0.39, 0.29) is 34.5 Å². The average Bonchev–Trinajstić information content (AvgIpc) is 3.36. The summed E-state index contributed by atoms with van der Waals surface area (Å²) in [7, 11) is 0. The van der Waals surface area contributed by atoms with Gasteiger partial charge in [-0.1, -0.05) is 12.2 Å². The van der Waals surface area contributed by atoms with Crippen molar-refractivity contribution in [3.05, 3.63) is 57.3 Å². The van der Waals surface area contributed by atoms with E-state index in [1.165, 1.54) is 63.3 Å². The van der Waals surface area contributed by atoms with Crippen molar-refractivity contribution in [2.75, 3.05) is 0 Å². The van der Waals surface area contributed by atoms with E-state index in [0.29, 0.717) is 11.1 Å². The van der Waals surface area contributed by atoms with Crippen molar-refractivity contribution in [1.29, 1.82) is 0 Å². The molecule has 0 aliphatic rings. The van der Waals surface area contributed by atoms with Crippen molar-refractivity contribution in [3.63, 3.8) is 0 Å². The molecule has 234 valence electrons. The van der Waals surface area contributed by atoms with Gasteiger partial charge in [0, 0.05) is 51.3 Å². The van der Waals surface area contributed by atoms with Gasteiger partial charge in [-0.25, -0.2) is 0 Å². The summed E-state index contributed by atoms with van der Waals surface area (Å²) < 4.78 is 31.1. The predicted molar refractivity (Wildman–Crippen MR) is 163 cm³/mol. The molecular formula is C32H28O12S. The summed E-state index contributed by atoms with van der Waals surface area (Å²) in [6.07, 6.45) is 6.90. The predicted octanol–water partition coefficient (Wildman–Crippen LogP) is 5.64. The normalized spacial score (nSPS) is 10.8. The first-order valence-corrected chi connectivity index (χ1v) is 13.9. The zero-order valence-corrected chi connectivity index (χ0v) is 25.9. The molecular weight excluding hydrogens is 608 g/mol. The second kappa shape index (κ2) is 15.3. The third-order valence-electron chi connectivity index (χ3n) is 5.12. The number of rotatable bonds is 10. The topological polar surface area (TPSA) is 158 Å². The van der Waals surface area contributed by atoms with Crippen molar-refractivity contribution in [2.45, 2.75) is 41.5 Å². The molecule has 3 rings (SSSR count). The highest BCUT2D eigenvalue weighted by atomic mass is 32.1. The van der Waals surface area contributed by atoms with Gasteiger partial charge in [0.1, 0.15) is 0 Å². The van der Waals surface area contributed by atoms with Crippen LogP contribution in [0.2, 0.25) is 0 Å². The van der Waals surface area contributed by atoms with Crippen molar-refractivity contribution >= 4 is 71.5 Å². The van der Waals surface area contributed by atoms with Crippen LogP contribution in [0, 0.1) is 0 Å². The quantitative estimate of drug-likeness (QED) is 0.199. The van der Waals surface area contributed by atoms with E-state index in [9.17, 15) is 28.8 Å². The summed E-state index contributed by atoms with van der Waals surface area (Å²) in [5, 5.41) is 0. The first-order chi connectivity index (χ1) is 21.2. The minimum Gasteiger partial charge on any atom is -0.423 e. The van der Waals surface area contributed by atoms with Crippen molar-refractivity contribution in [2.24, 2.45) is 0 Å². The monoisotopic (exact) mass is 636 g/mol. The Balaban J connectivity index is 1.93. The lowest BCUT2D eigenvalue weighted by atomic mass is 10.1. The van der Waals surface area contributed by atoms with E-state index in [1.807, 2.05) is 12.1 Å². The molecule has 0 saturated heterocycles. The van der Waals surface area contributed by atoms with Gasteiger partial charge in [0.25, 0.3) is 0 Å². The average molecular weight is 637 g/mol. The van der Waals surface area contributed by atoms with E-state index < -0.39 is 35.8 Å². The molecule has 0 aliphatic carbocycles. The first kappa shape index (κ1) is 33.9. The van der Waals surface area contributed by atoms with E-state index in [1.54, 1.807) is 24.3 Å². The van der Waals surface area contributed by atoms with Crippen LogP contribution in [0.4, 0.5) is 0 Å². The molecule has 0 N–H and O–H groups in total. The zero-order valence-electron chi connectivity index (χ0n) is 25.1. The van der Waals surface area contributed by atoms with Gasteiger partial charge in [-0.15, -0.1) is 11.3 Å². The van der Waals surface area contributed by atoms with Crippen LogP contribution >= 0.6 is 11.3 Å². The Kier molecular flexibility index (Phi) is 11.5. The Morgan fingerprint density at radius 2 is 0.711 bits per heavy atom. The molecule has 1 aromatic heterocycles. The molecule has 0 bridgehead atoms. The largest absolute Gasteiger partial charge is 0.423 e. The summed E-state index contributed by atoms with van der Waals surface area (Å²) in [5.41, 5.74) is 0.959. The highest BCUT2D eigenvalue weighted by Gasteiger charge is 2.21. The number of benzene rings is 2. The molecule has 0 aliphatic heterocycles. The third kappa shape index (κ3) is 10.6. The summed E-state index contributed by atoms with van der Waals surface area (Å²) in [5.74, 6) is -4.93. The number of carbonyl (C=O) groups is 6. The molecule has 0 amide bonds. The van der Waals surface area contributed by atoms with Crippen LogP contribution in [-0.4, -0.2) is 35.8 Å². The minimum absolute atomic E-state index is 0.105. The highest BCUT2D eigenvalue weighted by Crippen LogP contribution is 2.41. The molecule has 13 heteroatoms. The molecule has 0 saturated carbocycles. The van der Waals surface area contributed by atoms with E-state index in [2.05, 4.69) is 0 Å². The maximum absolute atomic E-state index is 11.7. The van der Waals surface area contributed by atoms with Crippen molar-refractivity contribution < 1.29 is 57.2 Å². The molecule has 3 aromatic rings. The lowest BCUT2D eigenvalue weighted by molar-refractivity contribution is -0.135. The van der Waals surface area contributed by atoms with Gasteiger partial charge in [0.15, 0.2) is 23.0 Å². The molecule has 12 nitrogen and oxygen atoms in total. The Morgan fingerprint density at radius 3 is 0.956 bits per heavy atom. The summed E-state index contributed by atoms with van der Waals surface area (Å²) in [4.78, 5) is 71.6. The number of hydrogen-bond donors (Lipinski definition) is 0. The lowest BCUT2D eigenvalue weighted by Crippen LogP contribution is -2.10. The number of esters is 6. The highest BCUT2D eigenvalue weighted by molar-refractivity contribution is 7.13. The molecule has 1 heterocycles. The van der Waals surface area contributed by atoms with E-state index in [4.69, 9.17) is 28.4 Å². The fourth-order valence-corrected chi connectivity index (χ4v) is 4.52. The maximum Gasteiger partial charge on any atom is 0.308 e. The zero-order chi connectivity index (χ0) is 33.3. The number of ether oxygens (including phenoxy) is 6. The number of thiophene rings is 1. The Morgan fingerprint density at radius 1 is 0.444 bits per heavy atom. The van der Waals surface area contributed by atoms with Crippen molar-refractivity contribution in [1.82, 2.24) is 0 Å². The minimum atomic E-state index is -0.704. The van der Waals surface area contributed by atoms with Gasteiger partial charge >= 0.3 is 35.8 Å². The molecule has 45 heavy (non-hydrogen) atoms. The molecule has 0 fully saturated rings. The second-order valence-electron chi connectivity index (χ2n) is 9.16. The molecule has 2 aromatic carbocycles. The molecule has 0 atom stereocenters. The fraction of sp³-hybridized carbons (Fsp3) is 0.188. The van der Waals surface area contributed by atoms with Gasteiger partial charge in [-0.05, 0) is 59.7 Å². The molecule has 0 unspecified atom stereocenters. The van der Waals surface area contributed by atoms with Crippen LogP contribution in [-0.2, 0) is 28.8 Å². The Labute approximate surface area is 261 Å². The second-order valence-corrected chi connectivity index (χ2v) is 10.3. The summed E-state index contributed by atoms with van der Waals surface area (Å²) >= 11 is 1.40. The summed E-state index contributed by atoms with van der Waals surface area (Å²) in [6.45, 7) is 7.01. The first-order valence-electron chi connectivity index (χ1n) is 13.1. The molecule has 0 radical (unpaired) electrons. The lowest BCUT2D eigenvalue weighted by Gasteiger charge is -2.14. The van der Waals surface area contributed by atoms with Crippen molar-refractivity contribution in [3.8, 4) is 34.5 Å². The van der Waals surface area contributed by atoms with Crippen LogP contribution in [0.25, 0.3) is 24.3 Å². The van der Waals surface area contributed by atoms with Gasteiger partial charge < -0.3 is 28.4 Å². The fourth-order valence-electron chi connectivity index (χ4n) is 3.70. The molecule has 0 spiro atoms. The number of hydrogen-bond acceptors (Lipinski definition) is 13. The Hall–Kier alpha value is -5.56. The van der Waals surface area contributed by atoms with Crippen LogP contribution < -0.4 is 28.4 Å².